The number of primary amides is 1. The van der Waals surface area contributed by atoms with Crippen LogP contribution >= 0.6 is 11.8 Å². The van der Waals surface area contributed by atoms with Crippen molar-refractivity contribution in [3.63, 3.8) is 0 Å². The van der Waals surface area contributed by atoms with Gasteiger partial charge in [-0.2, -0.15) is 11.8 Å². The molecule has 0 bridgehead atoms. The van der Waals surface area contributed by atoms with Gasteiger partial charge in [-0.05, 0) is 61.8 Å². The number of anilines is 1. The van der Waals surface area contributed by atoms with Crippen molar-refractivity contribution in [2.75, 3.05) is 23.9 Å². The van der Waals surface area contributed by atoms with E-state index in [4.69, 9.17) is 10.5 Å². The minimum atomic E-state index is -0.656. The van der Waals surface area contributed by atoms with Crippen LogP contribution < -0.4 is 21.1 Å². The van der Waals surface area contributed by atoms with Gasteiger partial charge < -0.3 is 21.1 Å². The summed E-state index contributed by atoms with van der Waals surface area (Å²) in [6.45, 7) is 2.11. The Morgan fingerprint density at radius 2 is 1.87 bits per heavy atom. The minimum Gasteiger partial charge on any atom is -0.493 e. The van der Waals surface area contributed by atoms with Gasteiger partial charge in [-0.3, -0.25) is 14.4 Å². The number of carbonyl (C=O) groups excluding carboxylic acids is 3. The van der Waals surface area contributed by atoms with E-state index < -0.39 is 11.9 Å². The lowest BCUT2D eigenvalue weighted by Gasteiger charge is -2.18. The molecule has 7 nitrogen and oxygen atoms in total. The summed E-state index contributed by atoms with van der Waals surface area (Å²) in [4.78, 5) is 36.1. The average molecular weight is 430 g/mol. The van der Waals surface area contributed by atoms with Crippen molar-refractivity contribution < 1.29 is 19.1 Å². The average Bonchev–Trinajstić information content (AvgIpc) is 2.72. The van der Waals surface area contributed by atoms with E-state index in [-0.39, 0.29) is 24.8 Å². The van der Waals surface area contributed by atoms with Crippen molar-refractivity contribution in [3.8, 4) is 5.75 Å². The molecule has 4 N–H and O–H groups in total. The van der Waals surface area contributed by atoms with Gasteiger partial charge >= 0.3 is 0 Å². The zero-order valence-corrected chi connectivity index (χ0v) is 18.0. The molecule has 0 spiro atoms. The highest BCUT2D eigenvalue weighted by atomic mass is 32.2. The molecule has 1 unspecified atom stereocenters. The second-order valence-corrected chi connectivity index (χ2v) is 7.74. The van der Waals surface area contributed by atoms with Gasteiger partial charge in [-0.25, -0.2) is 0 Å². The smallest absolute Gasteiger partial charge is 0.251 e. The SMILES string of the molecule is CSCCC(NC(=O)c1cccc(C)c1)C(=O)Nc1ccc(OCCC(N)=O)cc1. The first-order valence-electron chi connectivity index (χ1n) is 9.57. The standard InChI is InChI=1S/C22H27N3O4S/c1-15-4-3-5-16(14-15)21(27)25-19(11-13-30-2)22(28)24-17-6-8-18(9-7-17)29-12-10-20(23)26/h3-9,14,19H,10-13H2,1-2H3,(H2,23,26)(H,24,28)(H,25,27). The van der Waals surface area contributed by atoms with E-state index in [1.807, 2.05) is 25.3 Å². The number of ether oxygens (including phenoxy) is 1. The zero-order valence-electron chi connectivity index (χ0n) is 17.1. The van der Waals surface area contributed by atoms with E-state index in [9.17, 15) is 14.4 Å². The Hall–Kier alpha value is -3.00. The molecule has 3 amide bonds. The first kappa shape index (κ1) is 23.3. The van der Waals surface area contributed by atoms with E-state index in [1.54, 1.807) is 48.2 Å². The number of aryl methyl sites for hydroxylation is 1. The zero-order chi connectivity index (χ0) is 21.9. The van der Waals surface area contributed by atoms with E-state index in [0.717, 1.165) is 11.3 Å². The summed E-state index contributed by atoms with van der Waals surface area (Å²) in [5.41, 5.74) is 7.16. The highest BCUT2D eigenvalue weighted by Crippen LogP contribution is 2.17. The Labute approximate surface area is 180 Å². The highest BCUT2D eigenvalue weighted by Gasteiger charge is 2.21. The molecule has 2 aromatic rings. The number of thioether (sulfide) groups is 1. The fourth-order valence-corrected chi connectivity index (χ4v) is 3.14. The van der Waals surface area contributed by atoms with Crippen molar-refractivity contribution in [1.82, 2.24) is 5.32 Å². The highest BCUT2D eigenvalue weighted by molar-refractivity contribution is 7.98. The van der Waals surface area contributed by atoms with Crippen molar-refractivity contribution in [2.45, 2.75) is 25.8 Å². The molecule has 8 heteroatoms. The number of carbonyl (C=O) groups is 3. The van der Waals surface area contributed by atoms with Crippen LogP contribution in [0.1, 0.15) is 28.8 Å². The summed E-state index contributed by atoms with van der Waals surface area (Å²) < 4.78 is 5.42. The number of benzene rings is 2. The molecule has 0 aliphatic heterocycles. The van der Waals surface area contributed by atoms with Crippen LogP contribution in [0.25, 0.3) is 0 Å². The van der Waals surface area contributed by atoms with Gasteiger partial charge in [0.25, 0.3) is 5.91 Å². The molecule has 2 rings (SSSR count). The van der Waals surface area contributed by atoms with E-state index in [2.05, 4.69) is 10.6 Å². The normalized spacial score (nSPS) is 11.4. The van der Waals surface area contributed by atoms with Crippen LogP contribution in [-0.2, 0) is 9.59 Å². The van der Waals surface area contributed by atoms with Gasteiger partial charge in [-0.1, -0.05) is 17.7 Å². The van der Waals surface area contributed by atoms with Crippen LogP contribution in [0.5, 0.6) is 5.75 Å². The van der Waals surface area contributed by atoms with Crippen molar-refractivity contribution in [1.29, 1.82) is 0 Å². The fraction of sp³-hybridized carbons (Fsp3) is 0.318. The van der Waals surface area contributed by atoms with Gasteiger partial charge in [0.2, 0.25) is 11.8 Å². The molecule has 1 atom stereocenters. The van der Waals surface area contributed by atoms with Gasteiger partial charge in [0.05, 0.1) is 13.0 Å². The second kappa shape index (κ2) is 11.9. The molecule has 0 aromatic heterocycles. The van der Waals surface area contributed by atoms with Crippen LogP contribution in [0.3, 0.4) is 0 Å². The van der Waals surface area contributed by atoms with Crippen LogP contribution in [0.15, 0.2) is 48.5 Å². The topological polar surface area (TPSA) is 111 Å². The number of rotatable bonds is 11. The molecule has 0 aliphatic carbocycles. The molecule has 0 fully saturated rings. The molecule has 160 valence electrons. The Kier molecular flexibility index (Phi) is 9.21. The summed E-state index contributed by atoms with van der Waals surface area (Å²) in [6.07, 6.45) is 2.60. The van der Waals surface area contributed by atoms with Gasteiger partial charge in [0.1, 0.15) is 11.8 Å². The van der Waals surface area contributed by atoms with E-state index in [0.29, 0.717) is 23.4 Å². The van der Waals surface area contributed by atoms with Crippen LogP contribution in [0.2, 0.25) is 0 Å². The van der Waals surface area contributed by atoms with Crippen LogP contribution in [-0.4, -0.2) is 42.4 Å². The summed E-state index contributed by atoms with van der Waals surface area (Å²) >= 11 is 1.61. The maximum absolute atomic E-state index is 12.8. The lowest BCUT2D eigenvalue weighted by atomic mass is 10.1. The predicted molar refractivity (Wildman–Crippen MR) is 120 cm³/mol. The van der Waals surface area contributed by atoms with Crippen molar-refractivity contribution >= 4 is 35.2 Å². The molecule has 30 heavy (non-hydrogen) atoms. The summed E-state index contributed by atoms with van der Waals surface area (Å²) in [6, 6.07) is 13.4. The van der Waals surface area contributed by atoms with E-state index in [1.165, 1.54) is 0 Å². The van der Waals surface area contributed by atoms with Crippen LogP contribution in [0, 0.1) is 6.92 Å². The molecule has 0 aliphatic rings. The number of amides is 3. The lowest BCUT2D eigenvalue weighted by Crippen LogP contribution is -2.44. The van der Waals surface area contributed by atoms with E-state index >= 15 is 0 Å². The largest absolute Gasteiger partial charge is 0.493 e. The Morgan fingerprint density at radius 3 is 2.50 bits per heavy atom. The van der Waals surface area contributed by atoms with Gasteiger partial charge in [0, 0.05) is 11.3 Å². The summed E-state index contributed by atoms with van der Waals surface area (Å²) in [7, 11) is 0. The Morgan fingerprint density at radius 1 is 1.13 bits per heavy atom. The first-order chi connectivity index (χ1) is 14.4. The number of hydrogen-bond donors (Lipinski definition) is 3. The monoisotopic (exact) mass is 429 g/mol. The number of hydrogen-bond acceptors (Lipinski definition) is 5. The maximum atomic E-state index is 12.8. The molecule has 2 aromatic carbocycles. The van der Waals surface area contributed by atoms with Crippen molar-refractivity contribution in [2.24, 2.45) is 5.73 Å². The third-order valence-electron chi connectivity index (χ3n) is 4.25. The third kappa shape index (κ3) is 7.79. The second-order valence-electron chi connectivity index (χ2n) is 6.76. The number of nitrogens with two attached hydrogens (primary N) is 1. The first-order valence-corrected chi connectivity index (χ1v) is 11.0. The molecular weight excluding hydrogens is 402 g/mol. The quantitative estimate of drug-likeness (QED) is 0.509. The summed E-state index contributed by atoms with van der Waals surface area (Å²) in [5.74, 6) is 0.313. The molecule has 0 heterocycles. The molecular formula is C22H27N3O4S. The lowest BCUT2D eigenvalue weighted by molar-refractivity contribution is -0.119. The minimum absolute atomic E-state index is 0.135. The Balaban J connectivity index is 1.98. The fourth-order valence-electron chi connectivity index (χ4n) is 2.67. The molecule has 0 radical (unpaired) electrons. The summed E-state index contributed by atoms with van der Waals surface area (Å²) in [5, 5.41) is 5.66. The molecule has 0 saturated heterocycles. The van der Waals surface area contributed by atoms with Gasteiger partial charge in [-0.15, -0.1) is 0 Å². The predicted octanol–water partition coefficient (Wildman–Crippen LogP) is 2.74. The number of nitrogens with one attached hydrogen (secondary N) is 2. The maximum Gasteiger partial charge on any atom is 0.251 e. The molecule has 0 saturated carbocycles. The van der Waals surface area contributed by atoms with Crippen molar-refractivity contribution in [3.05, 3.63) is 59.7 Å². The Bertz CT molecular complexity index is 871. The van der Waals surface area contributed by atoms with Crippen LogP contribution in [0.4, 0.5) is 5.69 Å². The third-order valence-corrected chi connectivity index (χ3v) is 4.90. The van der Waals surface area contributed by atoms with Gasteiger partial charge in [0.15, 0.2) is 0 Å².